The highest BCUT2D eigenvalue weighted by Gasteiger charge is 2.41. The normalized spacial score (nSPS) is 16.0. The molecule has 1 aliphatic heterocycles. The van der Waals surface area contributed by atoms with E-state index in [0.717, 1.165) is 28.9 Å². The van der Waals surface area contributed by atoms with Gasteiger partial charge in [0.15, 0.2) is 0 Å². The molecule has 1 aliphatic carbocycles. The summed E-state index contributed by atoms with van der Waals surface area (Å²) < 4.78 is 42.2. The van der Waals surface area contributed by atoms with E-state index in [1.165, 1.54) is 28.2 Å². The fraction of sp³-hybridized carbons (Fsp3) is 0.375. The minimum Gasteiger partial charge on any atom is -0.342 e. The van der Waals surface area contributed by atoms with Crippen molar-refractivity contribution in [3.8, 4) is 0 Å². The quantitative estimate of drug-likeness (QED) is 0.283. The van der Waals surface area contributed by atoms with Gasteiger partial charge in [-0.3, -0.25) is 9.59 Å². The largest absolute Gasteiger partial charge is 0.342 e. The Bertz CT molecular complexity index is 1470. The van der Waals surface area contributed by atoms with E-state index in [1.807, 2.05) is 42.2 Å². The van der Waals surface area contributed by atoms with Gasteiger partial charge in [-0.25, -0.2) is 12.8 Å². The molecular weight excluding hydrogens is 574 g/mol. The molecule has 0 spiro atoms. The first kappa shape index (κ1) is 30.3. The van der Waals surface area contributed by atoms with Gasteiger partial charge in [-0.15, -0.1) is 11.8 Å². The van der Waals surface area contributed by atoms with Crippen molar-refractivity contribution in [3.63, 3.8) is 0 Å². The van der Waals surface area contributed by atoms with Gasteiger partial charge in [-0.2, -0.15) is 4.31 Å². The van der Waals surface area contributed by atoms with Gasteiger partial charge in [-0.05, 0) is 74.6 Å². The predicted octanol–water partition coefficient (Wildman–Crippen LogP) is 5.10. The number of sulfonamides is 1. The Kier molecular flexibility index (Phi) is 9.65. The van der Waals surface area contributed by atoms with Crippen molar-refractivity contribution in [2.75, 3.05) is 25.4 Å². The first-order valence-electron chi connectivity index (χ1n) is 14.3. The number of thioether (sulfide) groups is 1. The number of benzene rings is 3. The zero-order valence-corrected chi connectivity index (χ0v) is 25.3. The number of carbonyl (C=O) groups is 2. The summed E-state index contributed by atoms with van der Waals surface area (Å²) in [6, 6.07) is 22.1. The van der Waals surface area contributed by atoms with Crippen molar-refractivity contribution in [2.24, 2.45) is 0 Å². The highest BCUT2D eigenvalue weighted by molar-refractivity contribution is 8.00. The van der Waals surface area contributed by atoms with Gasteiger partial charge in [0.1, 0.15) is 5.82 Å². The molecule has 7 nitrogen and oxygen atoms in total. The summed E-state index contributed by atoms with van der Waals surface area (Å²) in [7, 11) is -3.86. The Labute approximate surface area is 251 Å². The minimum absolute atomic E-state index is 0.0582. The summed E-state index contributed by atoms with van der Waals surface area (Å²) in [5.74, 6) is -0.241. The number of hydrogen-bond donors (Lipinski definition) is 0. The van der Waals surface area contributed by atoms with Crippen molar-refractivity contribution in [2.45, 2.75) is 61.0 Å². The Balaban J connectivity index is 1.29. The summed E-state index contributed by atoms with van der Waals surface area (Å²) in [6.45, 7) is 2.91. The second-order valence-corrected chi connectivity index (χ2v) is 13.9. The highest BCUT2D eigenvalue weighted by Crippen LogP contribution is 2.33. The topological polar surface area (TPSA) is 78.0 Å². The van der Waals surface area contributed by atoms with Gasteiger partial charge in [0.25, 0.3) is 0 Å². The number of hydrogen-bond acceptors (Lipinski definition) is 5. The number of aryl methyl sites for hydroxylation is 1. The second kappa shape index (κ2) is 13.4. The van der Waals surface area contributed by atoms with Crippen molar-refractivity contribution in [3.05, 3.63) is 95.8 Å². The van der Waals surface area contributed by atoms with Crippen LogP contribution >= 0.6 is 11.8 Å². The maximum atomic E-state index is 13.9. The maximum absolute atomic E-state index is 13.9. The van der Waals surface area contributed by atoms with E-state index in [1.54, 1.807) is 41.3 Å². The van der Waals surface area contributed by atoms with Crippen LogP contribution in [0.15, 0.2) is 88.7 Å². The molecule has 1 saturated carbocycles. The van der Waals surface area contributed by atoms with Crippen LogP contribution in [-0.4, -0.2) is 71.8 Å². The van der Waals surface area contributed by atoms with Crippen LogP contribution in [0.3, 0.4) is 0 Å². The molecule has 222 valence electrons. The first-order chi connectivity index (χ1) is 20.2. The number of rotatable bonds is 11. The van der Waals surface area contributed by atoms with E-state index in [9.17, 15) is 22.4 Å². The Morgan fingerprint density at radius 1 is 0.881 bits per heavy atom. The van der Waals surface area contributed by atoms with E-state index < -0.39 is 10.0 Å². The lowest BCUT2D eigenvalue weighted by molar-refractivity contribution is -0.137. The molecule has 3 aromatic rings. The summed E-state index contributed by atoms with van der Waals surface area (Å²) in [6.07, 6.45) is 2.61. The number of carbonyl (C=O) groups excluding carboxylic acids is 2. The Hall–Kier alpha value is -3.21. The number of nitrogens with zero attached hydrogens (tertiary/aromatic N) is 3. The fourth-order valence-corrected chi connectivity index (χ4v) is 7.69. The fourth-order valence-electron chi connectivity index (χ4n) is 5.23. The van der Waals surface area contributed by atoms with Gasteiger partial charge in [0, 0.05) is 36.6 Å². The Morgan fingerprint density at radius 2 is 1.52 bits per heavy atom. The van der Waals surface area contributed by atoms with Crippen LogP contribution < -0.4 is 0 Å². The van der Waals surface area contributed by atoms with Gasteiger partial charge in [0.05, 0.1) is 17.2 Å². The summed E-state index contributed by atoms with van der Waals surface area (Å²) in [4.78, 5) is 31.6. The third-order valence-corrected chi connectivity index (χ3v) is 10.7. The Morgan fingerprint density at radius 3 is 2.14 bits per heavy atom. The molecule has 2 amide bonds. The third kappa shape index (κ3) is 7.59. The van der Waals surface area contributed by atoms with Crippen molar-refractivity contribution < 1.29 is 22.4 Å². The van der Waals surface area contributed by atoms with E-state index in [-0.39, 0.29) is 47.7 Å². The lowest BCUT2D eigenvalue weighted by atomic mass is 10.0. The van der Waals surface area contributed by atoms with Crippen molar-refractivity contribution in [1.29, 1.82) is 0 Å². The zero-order valence-electron chi connectivity index (χ0n) is 23.7. The minimum atomic E-state index is -3.86. The van der Waals surface area contributed by atoms with Crippen molar-refractivity contribution >= 4 is 33.6 Å². The molecule has 0 atom stereocenters. The smallest absolute Gasteiger partial charge is 0.243 e. The molecule has 0 N–H and O–H groups in total. The lowest BCUT2D eigenvalue weighted by Crippen LogP contribution is -2.51. The molecule has 1 saturated heterocycles. The lowest BCUT2D eigenvalue weighted by Gasteiger charge is -2.39. The van der Waals surface area contributed by atoms with Crippen LogP contribution in [-0.2, 0) is 26.2 Å². The zero-order chi connectivity index (χ0) is 29.7. The molecule has 10 heteroatoms. The standard InChI is InChI=1S/C32H36FN3O4S2/c1-24-7-15-30(16-8-24)42(39,40)36(28-13-14-28)22-31(37)35(21-25-9-11-26(33)12-10-25)27-17-19-34(20-18-27)32(38)23-41-29-5-3-2-4-6-29/h2-12,15-16,27-28H,13-14,17-23H2,1H3. The molecule has 1 heterocycles. The number of piperidine rings is 1. The number of halogens is 1. The molecule has 2 fully saturated rings. The van der Waals surface area contributed by atoms with Crippen LogP contribution in [0.2, 0.25) is 0 Å². The number of likely N-dealkylation sites (tertiary alicyclic amines) is 1. The summed E-state index contributed by atoms with van der Waals surface area (Å²) >= 11 is 1.50. The molecular formula is C32H36FN3O4S2. The summed E-state index contributed by atoms with van der Waals surface area (Å²) in [5, 5.41) is 0. The molecule has 0 radical (unpaired) electrons. The van der Waals surface area contributed by atoms with Crippen molar-refractivity contribution in [1.82, 2.24) is 14.1 Å². The predicted molar refractivity (Wildman–Crippen MR) is 162 cm³/mol. The van der Waals surface area contributed by atoms with Gasteiger partial charge >= 0.3 is 0 Å². The molecule has 42 heavy (non-hydrogen) atoms. The number of amides is 2. The highest BCUT2D eigenvalue weighted by atomic mass is 32.2. The molecule has 3 aromatic carbocycles. The molecule has 0 aromatic heterocycles. The van der Waals surface area contributed by atoms with Crippen LogP contribution in [0.1, 0.15) is 36.8 Å². The average molecular weight is 610 g/mol. The molecule has 5 rings (SSSR count). The first-order valence-corrected chi connectivity index (χ1v) is 16.7. The third-order valence-electron chi connectivity index (χ3n) is 7.82. The van der Waals surface area contributed by atoms with Gasteiger partial charge in [0.2, 0.25) is 21.8 Å². The van der Waals surface area contributed by atoms with E-state index in [4.69, 9.17) is 0 Å². The van der Waals surface area contributed by atoms with Gasteiger partial charge in [-0.1, -0.05) is 48.0 Å². The molecule has 0 bridgehead atoms. The van der Waals surface area contributed by atoms with E-state index >= 15 is 0 Å². The van der Waals surface area contributed by atoms with Crippen LogP contribution in [0.5, 0.6) is 0 Å². The maximum Gasteiger partial charge on any atom is 0.243 e. The van der Waals surface area contributed by atoms with E-state index in [0.29, 0.717) is 31.7 Å². The average Bonchev–Trinajstić information content (AvgIpc) is 3.84. The van der Waals surface area contributed by atoms with Crippen LogP contribution in [0.25, 0.3) is 0 Å². The molecule has 2 aliphatic rings. The monoisotopic (exact) mass is 609 g/mol. The SMILES string of the molecule is Cc1ccc(S(=O)(=O)N(CC(=O)N(Cc2ccc(F)cc2)C2CCN(C(=O)CSc3ccccc3)CC2)C2CC2)cc1. The summed E-state index contributed by atoms with van der Waals surface area (Å²) in [5.41, 5.74) is 1.72. The van der Waals surface area contributed by atoms with Crippen LogP contribution in [0, 0.1) is 12.7 Å². The molecule has 0 unspecified atom stereocenters. The van der Waals surface area contributed by atoms with Crippen LogP contribution in [0.4, 0.5) is 4.39 Å². The van der Waals surface area contributed by atoms with Gasteiger partial charge < -0.3 is 9.80 Å². The second-order valence-electron chi connectivity index (χ2n) is 11.0. The van der Waals surface area contributed by atoms with E-state index in [2.05, 4.69) is 0 Å².